The molecule has 1 aromatic carbocycles. The van der Waals surface area contributed by atoms with Gasteiger partial charge in [0.15, 0.2) is 5.96 Å². The second-order valence-corrected chi connectivity index (χ2v) is 6.13. The Morgan fingerprint density at radius 2 is 2.23 bits per heavy atom. The highest BCUT2D eigenvalue weighted by Crippen LogP contribution is 2.25. The molecule has 0 radical (unpaired) electrons. The average molecular weight is 388 g/mol. The van der Waals surface area contributed by atoms with Crippen LogP contribution >= 0.6 is 11.6 Å². The van der Waals surface area contributed by atoms with Crippen LogP contribution in [0.4, 0.5) is 8.78 Å². The molecule has 1 aromatic rings. The molecule has 1 aliphatic heterocycles. The summed E-state index contributed by atoms with van der Waals surface area (Å²) in [6, 6.07) is 4.52. The molecule has 0 saturated carbocycles. The van der Waals surface area contributed by atoms with Gasteiger partial charge >= 0.3 is 6.61 Å². The number of hydrogen-bond acceptors (Lipinski definition) is 3. The average Bonchev–Trinajstić information content (AvgIpc) is 2.62. The normalized spacial score (nSPS) is 15.0. The summed E-state index contributed by atoms with van der Waals surface area (Å²) in [5.41, 5.74) is 1.86. The van der Waals surface area contributed by atoms with Gasteiger partial charge in [-0.15, -0.1) is 0 Å². The van der Waals surface area contributed by atoms with E-state index in [0.29, 0.717) is 29.7 Å². The van der Waals surface area contributed by atoms with Crippen molar-refractivity contribution in [2.45, 2.75) is 32.9 Å². The lowest BCUT2D eigenvalue weighted by Gasteiger charge is -2.16. The minimum absolute atomic E-state index is 0.0800. The number of hydrogen-bond donors (Lipinski definition) is 2. The van der Waals surface area contributed by atoms with E-state index in [0.717, 1.165) is 26.0 Å². The number of ether oxygens (including phenoxy) is 2. The quantitative estimate of drug-likeness (QED) is 0.405. The molecule has 0 amide bonds. The number of nitrogens with zero attached hydrogens (tertiary/aromatic N) is 1. The Morgan fingerprint density at radius 3 is 2.92 bits per heavy atom. The minimum Gasteiger partial charge on any atom is -0.434 e. The summed E-state index contributed by atoms with van der Waals surface area (Å²) in [5, 5.41) is 6.83. The maximum atomic E-state index is 12.5. The van der Waals surface area contributed by atoms with Crippen molar-refractivity contribution in [3.8, 4) is 5.75 Å². The van der Waals surface area contributed by atoms with Gasteiger partial charge in [0.05, 0.1) is 19.8 Å². The third-order valence-electron chi connectivity index (χ3n) is 3.79. The van der Waals surface area contributed by atoms with E-state index in [2.05, 4.69) is 26.4 Å². The summed E-state index contributed by atoms with van der Waals surface area (Å²) in [6.45, 7) is 2.11. The smallest absolute Gasteiger partial charge is 0.387 e. The fourth-order valence-electron chi connectivity index (χ4n) is 2.52. The number of rotatable bonds is 8. The van der Waals surface area contributed by atoms with Crippen molar-refractivity contribution in [3.63, 3.8) is 0 Å². The van der Waals surface area contributed by atoms with Crippen molar-refractivity contribution in [1.29, 1.82) is 0 Å². The molecule has 26 heavy (non-hydrogen) atoms. The van der Waals surface area contributed by atoms with E-state index < -0.39 is 6.61 Å². The summed E-state index contributed by atoms with van der Waals surface area (Å²) in [4.78, 5) is 4.44. The van der Waals surface area contributed by atoms with Crippen LogP contribution in [0.1, 0.15) is 25.3 Å². The van der Waals surface area contributed by atoms with E-state index in [9.17, 15) is 8.78 Å². The summed E-state index contributed by atoms with van der Waals surface area (Å²) in [6.07, 6.45) is 3.96. The van der Waals surface area contributed by atoms with Crippen LogP contribution in [0.5, 0.6) is 5.75 Å². The minimum atomic E-state index is -2.89. The van der Waals surface area contributed by atoms with Crippen LogP contribution in [0, 0.1) is 0 Å². The highest BCUT2D eigenvalue weighted by molar-refractivity contribution is 6.30. The zero-order valence-corrected chi connectivity index (χ0v) is 15.5. The van der Waals surface area contributed by atoms with Crippen LogP contribution < -0.4 is 15.4 Å². The second kappa shape index (κ2) is 11.0. The predicted molar refractivity (Wildman–Crippen MR) is 99.0 cm³/mol. The molecule has 2 N–H and O–H groups in total. The standard InChI is InChI=1S/C18H24ClF2N3O2/c1-2-22-18(23-8-5-13-6-9-25-10-7-13)24-12-14-11-15(19)3-4-16(14)26-17(20)21/h3-4,6,11,17H,2,5,7-10,12H2,1H3,(H2,22,23,24). The van der Waals surface area contributed by atoms with Gasteiger partial charge in [0, 0.05) is 23.7 Å². The first-order chi connectivity index (χ1) is 12.6. The Balaban J connectivity index is 1.97. The van der Waals surface area contributed by atoms with E-state index in [4.69, 9.17) is 16.3 Å². The van der Waals surface area contributed by atoms with Gasteiger partial charge in [-0.25, -0.2) is 4.99 Å². The van der Waals surface area contributed by atoms with Crippen molar-refractivity contribution in [2.75, 3.05) is 26.3 Å². The molecule has 0 aliphatic carbocycles. The SMILES string of the molecule is CCNC(=NCc1cc(Cl)ccc1OC(F)F)NCCC1=CCOCC1. The van der Waals surface area contributed by atoms with E-state index in [-0.39, 0.29) is 12.3 Å². The van der Waals surface area contributed by atoms with E-state index in [1.165, 1.54) is 17.7 Å². The lowest BCUT2D eigenvalue weighted by Crippen LogP contribution is -2.38. The van der Waals surface area contributed by atoms with Gasteiger partial charge in [-0.2, -0.15) is 8.78 Å². The Labute approximate surface area is 157 Å². The topological polar surface area (TPSA) is 54.9 Å². The second-order valence-electron chi connectivity index (χ2n) is 5.69. The van der Waals surface area contributed by atoms with Crippen LogP contribution in [0.3, 0.4) is 0 Å². The highest BCUT2D eigenvalue weighted by Gasteiger charge is 2.10. The fraction of sp³-hybridized carbons (Fsp3) is 0.500. The molecule has 8 heteroatoms. The monoisotopic (exact) mass is 387 g/mol. The maximum Gasteiger partial charge on any atom is 0.387 e. The molecule has 0 bridgehead atoms. The van der Waals surface area contributed by atoms with Gasteiger partial charge < -0.3 is 20.1 Å². The largest absolute Gasteiger partial charge is 0.434 e. The summed E-state index contributed by atoms with van der Waals surface area (Å²) in [7, 11) is 0. The van der Waals surface area contributed by atoms with Crippen LogP contribution in [0.25, 0.3) is 0 Å². The Morgan fingerprint density at radius 1 is 1.38 bits per heavy atom. The van der Waals surface area contributed by atoms with Crippen molar-refractivity contribution in [3.05, 3.63) is 40.4 Å². The first-order valence-corrected chi connectivity index (χ1v) is 8.97. The molecule has 1 aliphatic rings. The van der Waals surface area contributed by atoms with Gasteiger partial charge in [-0.1, -0.05) is 23.3 Å². The number of benzene rings is 1. The summed E-state index contributed by atoms with van der Waals surface area (Å²) < 4.78 is 34.9. The molecule has 0 atom stereocenters. The van der Waals surface area contributed by atoms with E-state index in [1.54, 1.807) is 6.07 Å². The van der Waals surface area contributed by atoms with Crippen LogP contribution in [-0.2, 0) is 11.3 Å². The summed E-state index contributed by atoms with van der Waals surface area (Å²) in [5.74, 6) is 0.694. The molecular formula is C18H24ClF2N3O2. The zero-order valence-electron chi connectivity index (χ0n) is 14.7. The van der Waals surface area contributed by atoms with Gasteiger partial charge in [0.25, 0.3) is 0 Å². The predicted octanol–water partition coefficient (Wildman–Crippen LogP) is 3.73. The first-order valence-electron chi connectivity index (χ1n) is 8.59. The number of nitrogens with one attached hydrogen (secondary N) is 2. The molecular weight excluding hydrogens is 364 g/mol. The van der Waals surface area contributed by atoms with Crippen molar-refractivity contribution in [2.24, 2.45) is 4.99 Å². The molecule has 5 nitrogen and oxygen atoms in total. The molecule has 0 unspecified atom stereocenters. The number of halogens is 3. The molecule has 0 aromatic heterocycles. The van der Waals surface area contributed by atoms with Gasteiger partial charge in [-0.05, 0) is 38.0 Å². The molecule has 144 valence electrons. The van der Waals surface area contributed by atoms with E-state index >= 15 is 0 Å². The van der Waals surface area contributed by atoms with Crippen LogP contribution in [0.2, 0.25) is 5.02 Å². The lowest BCUT2D eigenvalue weighted by atomic mass is 10.1. The highest BCUT2D eigenvalue weighted by atomic mass is 35.5. The van der Waals surface area contributed by atoms with Crippen molar-refractivity contribution >= 4 is 17.6 Å². The third kappa shape index (κ3) is 7.17. The molecule has 0 spiro atoms. The van der Waals surface area contributed by atoms with Crippen molar-refractivity contribution < 1.29 is 18.3 Å². The Hall–Kier alpha value is -1.86. The zero-order chi connectivity index (χ0) is 18.8. The molecule has 1 heterocycles. The number of aliphatic imine (C=N–C) groups is 1. The third-order valence-corrected chi connectivity index (χ3v) is 4.02. The lowest BCUT2D eigenvalue weighted by molar-refractivity contribution is -0.0504. The first kappa shape index (κ1) is 20.5. The Kier molecular flexibility index (Phi) is 8.64. The fourth-order valence-corrected chi connectivity index (χ4v) is 2.72. The van der Waals surface area contributed by atoms with E-state index in [1.807, 2.05) is 6.92 Å². The number of guanidine groups is 1. The van der Waals surface area contributed by atoms with Gasteiger partial charge in [-0.3, -0.25) is 0 Å². The van der Waals surface area contributed by atoms with Crippen LogP contribution in [-0.4, -0.2) is 38.9 Å². The molecule has 2 rings (SSSR count). The van der Waals surface area contributed by atoms with Crippen molar-refractivity contribution in [1.82, 2.24) is 10.6 Å². The maximum absolute atomic E-state index is 12.5. The van der Waals surface area contributed by atoms with Crippen LogP contribution in [0.15, 0.2) is 34.8 Å². The molecule has 0 saturated heterocycles. The summed E-state index contributed by atoms with van der Waals surface area (Å²) >= 11 is 5.96. The van der Waals surface area contributed by atoms with Gasteiger partial charge in [0.1, 0.15) is 5.75 Å². The number of alkyl halides is 2. The van der Waals surface area contributed by atoms with Gasteiger partial charge in [0.2, 0.25) is 0 Å². The molecule has 0 fully saturated rings. The Bertz CT molecular complexity index is 639.